The first-order chi connectivity index (χ1) is 9.71. The van der Waals surface area contributed by atoms with Gasteiger partial charge in [0.2, 0.25) is 0 Å². The molecule has 0 fully saturated rings. The van der Waals surface area contributed by atoms with Gasteiger partial charge in [-0.3, -0.25) is 4.79 Å². The van der Waals surface area contributed by atoms with Gasteiger partial charge in [-0.15, -0.1) is 0 Å². The summed E-state index contributed by atoms with van der Waals surface area (Å²) in [5, 5.41) is 2.95. The summed E-state index contributed by atoms with van der Waals surface area (Å²) in [5.41, 5.74) is 1.40. The molecular weight excluding hydrogens is 268 g/mol. The molecule has 0 aliphatic heterocycles. The summed E-state index contributed by atoms with van der Waals surface area (Å²) >= 11 is 0. The third kappa shape index (κ3) is 6.40. The first-order valence-electron chi connectivity index (χ1n) is 7.01. The van der Waals surface area contributed by atoms with Gasteiger partial charge in [0.1, 0.15) is 6.54 Å². The minimum absolute atomic E-state index is 0.0335. The fourth-order valence-electron chi connectivity index (χ4n) is 2.02. The van der Waals surface area contributed by atoms with Crippen molar-refractivity contribution in [2.45, 2.75) is 32.9 Å². The fourth-order valence-corrected chi connectivity index (χ4v) is 2.02. The van der Waals surface area contributed by atoms with Crippen LogP contribution in [0.15, 0.2) is 24.3 Å². The predicted molar refractivity (Wildman–Crippen MR) is 81.1 cm³/mol. The Labute approximate surface area is 126 Å². The Balaban J connectivity index is 2.53. The molecule has 1 amide bonds. The number of likely N-dealkylation sites (N-methyl/N-ethyl adjacent to an activating group) is 1. The highest BCUT2D eigenvalue weighted by Crippen LogP contribution is 2.04. The summed E-state index contributed by atoms with van der Waals surface area (Å²) in [5.74, 6) is -0.307. The molecule has 1 atom stereocenters. The van der Waals surface area contributed by atoms with Gasteiger partial charge in [0, 0.05) is 11.1 Å². The van der Waals surface area contributed by atoms with Crippen LogP contribution in [0.4, 0.5) is 0 Å². The first kappa shape index (κ1) is 17.2. The number of carbonyl (C=O) groups excluding carboxylic acids is 2. The van der Waals surface area contributed by atoms with Crippen LogP contribution in [-0.2, 0) is 16.1 Å². The van der Waals surface area contributed by atoms with Gasteiger partial charge in [0.05, 0.1) is 19.7 Å². The number of carbonyl (C=O) groups is 2. The molecule has 0 aliphatic carbocycles. The molecule has 0 bridgehead atoms. The minimum atomic E-state index is -0.341. The Morgan fingerprint density at radius 2 is 1.76 bits per heavy atom. The molecule has 5 nitrogen and oxygen atoms in total. The van der Waals surface area contributed by atoms with Crippen LogP contribution in [0.3, 0.4) is 0 Å². The van der Waals surface area contributed by atoms with E-state index >= 15 is 0 Å². The zero-order chi connectivity index (χ0) is 16.0. The Bertz CT molecular complexity index is 489. The third-order valence-corrected chi connectivity index (χ3v) is 2.86. The maximum Gasteiger partial charge on any atom is 0.337 e. The smallest absolute Gasteiger partial charge is 0.337 e. The lowest BCUT2D eigenvalue weighted by Crippen LogP contribution is -3.09. The van der Waals surface area contributed by atoms with Gasteiger partial charge in [0.15, 0.2) is 6.54 Å². The number of amides is 1. The number of methoxy groups -OCH3 is 1. The maximum absolute atomic E-state index is 11.8. The molecule has 1 unspecified atom stereocenters. The van der Waals surface area contributed by atoms with E-state index in [4.69, 9.17) is 0 Å². The van der Waals surface area contributed by atoms with E-state index in [-0.39, 0.29) is 17.4 Å². The molecule has 0 aromatic heterocycles. The summed E-state index contributed by atoms with van der Waals surface area (Å²) < 4.78 is 4.66. The van der Waals surface area contributed by atoms with Crippen LogP contribution in [0.25, 0.3) is 0 Å². The average molecular weight is 293 g/mol. The monoisotopic (exact) mass is 293 g/mol. The predicted octanol–water partition coefficient (Wildman–Crippen LogP) is 0.403. The number of benzene rings is 1. The van der Waals surface area contributed by atoms with E-state index in [1.807, 2.05) is 40.0 Å². The van der Waals surface area contributed by atoms with Crippen molar-refractivity contribution in [1.82, 2.24) is 5.32 Å². The Morgan fingerprint density at radius 1 is 1.19 bits per heavy atom. The highest BCUT2D eigenvalue weighted by Gasteiger charge is 2.17. The van der Waals surface area contributed by atoms with Gasteiger partial charge in [-0.2, -0.15) is 0 Å². The summed E-state index contributed by atoms with van der Waals surface area (Å²) in [6.45, 7) is 7.03. The van der Waals surface area contributed by atoms with Gasteiger partial charge in [-0.05, 0) is 32.9 Å². The second kappa shape index (κ2) is 7.22. The molecule has 21 heavy (non-hydrogen) atoms. The molecule has 116 valence electrons. The molecule has 0 heterocycles. The van der Waals surface area contributed by atoms with E-state index < -0.39 is 0 Å². The van der Waals surface area contributed by atoms with Crippen LogP contribution in [-0.4, -0.2) is 38.1 Å². The molecule has 0 spiro atoms. The average Bonchev–Trinajstić information content (AvgIpc) is 2.36. The zero-order valence-electron chi connectivity index (χ0n) is 13.4. The van der Waals surface area contributed by atoms with E-state index in [9.17, 15) is 9.59 Å². The van der Waals surface area contributed by atoms with E-state index in [0.717, 1.165) is 17.0 Å². The lowest BCUT2D eigenvalue weighted by atomic mass is 10.1. The van der Waals surface area contributed by atoms with Crippen molar-refractivity contribution in [3.8, 4) is 0 Å². The van der Waals surface area contributed by atoms with E-state index in [0.29, 0.717) is 12.1 Å². The van der Waals surface area contributed by atoms with E-state index in [2.05, 4.69) is 10.1 Å². The van der Waals surface area contributed by atoms with Crippen molar-refractivity contribution in [3.63, 3.8) is 0 Å². The molecular formula is C16H25N2O3+. The number of rotatable bonds is 5. The summed E-state index contributed by atoms with van der Waals surface area (Å²) in [6, 6.07) is 7.25. The molecule has 0 aliphatic rings. The summed E-state index contributed by atoms with van der Waals surface area (Å²) in [6.07, 6.45) is 0. The molecule has 1 aromatic carbocycles. The van der Waals surface area contributed by atoms with Crippen LogP contribution in [0.1, 0.15) is 36.7 Å². The normalized spacial score (nSPS) is 12.6. The first-order valence-corrected chi connectivity index (χ1v) is 7.01. The van der Waals surface area contributed by atoms with Gasteiger partial charge >= 0.3 is 5.97 Å². The number of ether oxygens (including phenoxy) is 1. The lowest BCUT2D eigenvalue weighted by molar-refractivity contribution is -0.885. The molecule has 1 rings (SSSR count). The van der Waals surface area contributed by atoms with Crippen molar-refractivity contribution in [2.75, 3.05) is 20.7 Å². The second-order valence-electron chi connectivity index (χ2n) is 6.30. The van der Waals surface area contributed by atoms with Crippen molar-refractivity contribution >= 4 is 11.9 Å². The van der Waals surface area contributed by atoms with Crippen LogP contribution < -0.4 is 10.2 Å². The van der Waals surface area contributed by atoms with Crippen LogP contribution in [0.5, 0.6) is 0 Å². The Hall–Kier alpha value is -1.88. The van der Waals surface area contributed by atoms with Gasteiger partial charge < -0.3 is 15.0 Å². The number of hydrogen-bond acceptors (Lipinski definition) is 3. The number of nitrogens with one attached hydrogen (secondary N) is 2. The Morgan fingerprint density at radius 3 is 2.24 bits per heavy atom. The standard InChI is InChI=1S/C16H24N2O3/c1-16(2,3)17-14(19)11-18(4)10-12-6-8-13(9-7-12)15(20)21-5/h6-9H,10-11H2,1-5H3,(H,17,19)/p+1. The molecule has 0 saturated heterocycles. The quantitative estimate of drug-likeness (QED) is 0.773. The zero-order valence-corrected chi connectivity index (χ0v) is 13.4. The molecule has 5 heteroatoms. The van der Waals surface area contributed by atoms with Crippen molar-refractivity contribution < 1.29 is 19.2 Å². The summed E-state index contributed by atoms with van der Waals surface area (Å²) in [4.78, 5) is 24.3. The van der Waals surface area contributed by atoms with Crippen LogP contribution in [0, 0.1) is 0 Å². The maximum atomic E-state index is 11.8. The van der Waals surface area contributed by atoms with Crippen molar-refractivity contribution in [1.29, 1.82) is 0 Å². The largest absolute Gasteiger partial charge is 0.465 e. The van der Waals surface area contributed by atoms with Crippen molar-refractivity contribution in [2.24, 2.45) is 0 Å². The van der Waals surface area contributed by atoms with Crippen molar-refractivity contribution in [3.05, 3.63) is 35.4 Å². The van der Waals surface area contributed by atoms with Crippen LogP contribution in [0.2, 0.25) is 0 Å². The Kier molecular flexibility index (Phi) is 5.90. The third-order valence-electron chi connectivity index (χ3n) is 2.86. The number of esters is 1. The highest BCUT2D eigenvalue weighted by atomic mass is 16.5. The number of hydrogen-bond donors (Lipinski definition) is 2. The fraction of sp³-hybridized carbons (Fsp3) is 0.500. The summed E-state index contributed by atoms with van der Waals surface area (Å²) in [7, 11) is 3.33. The highest BCUT2D eigenvalue weighted by molar-refractivity contribution is 5.89. The minimum Gasteiger partial charge on any atom is -0.465 e. The van der Waals surface area contributed by atoms with E-state index in [1.165, 1.54) is 7.11 Å². The van der Waals surface area contributed by atoms with Gasteiger partial charge in [-0.1, -0.05) is 12.1 Å². The number of quaternary nitrogens is 1. The molecule has 0 radical (unpaired) electrons. The van der Waals surface area contributed by atoms with Crippen LogP contribution >= 0.6 is 0 Å². The van der Waals surface area contributed by atoms with Gasteiger partial charge in [-0.25, -0.2) is 4.79 Å². The van der Waals surface area contributed by atoms with E-state index in [1.54, 1.807) is 12.1 Å². The molecule has 1 aromatic rings. The second-order valence-corrected chi connectivity index (χ2v) is 6.30. The lowest BCUT2D eigenvalue weighted by Gasteiger charge is -2.22. The topological polar surface area (TPSA) is 59.8 Å². The SMILES string of the molecule is COC(=O)c1ccc(C[NH+](C)CC(=O)NC(C)(C)C)cc1. The van der Waals surface area contributed by atoms with Gasteiger partial charge in [0.25, 0.3) is 5.91 Å². The molecule has 2 N–H and O–H groups in total. The molecule has 0 saturated carbocycles.